The van der Waals surface area contributed by atoms with Gasteiger partial charge in [0.2, 0.25) is 0 Å². The van der Waals surface area contributed by atoms with Crippen molar-refractivity contribution in [3.05, 3.63) is 35.5 Å². The van der Waals surface area contributed by atoms with Crippen LogP contribution in [-0.2, 0) is 32.8 Å². The van der Waals surface area contributed by atoms with Crippen LogP contribution in [0.2, 0.25) is 0 Å². The van der Waals surface area contributed by atoms with Gasteiger partial charge in [-0.05, 0) is 55.3 Å². The molecule has 31 heavy (non-hydrogen) atoms. The normalized spacial score (nSPS) is 31.6. The zero-order valence-corrected chi connectivity index (χ0v) is 21.1. The van der Waals surface area contributed by atoms with E-state index >= 15 is 0 Å². The Morgan fingerprint density at radius 2 is 1.90 bits per heavy atom. The van der Waals surface area contributed by atoms with Crippen LogP contribution < -0.4 is 0 Å². The predicted molar refractivity (Wildman–Crippen MR) is 129 cm³/mol. The van der Waals surface area contributed by atoms with Crippen LogP contribution in [-0.4, -0.2) is 64.0 Å². The van der Waals surface area contributed by atoms with Gasteiger partial charge in [0.1, 0.15) is 0 Å². The van der Waals surface area contributed by atoms with Crippen molar-refractivity contribution in [1.29, 1.82) is 0 Å². The molecule has 0 spiro atoms. The van der Waals surface area contributed by atoms with Crippen LogP contribution in [0.3, 0.4) is 0 Å². The van der Waals surface area contributed by atoms with Crippen molar-refractivity contribution in [2.75, 3.05) is 31.4 Å². The Labute approximate surface area is 189 Å². The third kappa shape index (κ3) is 4.63. The molecule has 1 aliphatic carbocycles. The average Bonchev–Trinajstić information content (AvgIpc) is 3.00. The molecule has 8 heteroatoms. The Balaban J connectivity index is 0.000000491. The summed E-state index contributed by atoms with van der Waals surface area (Å²) in [6, 6.07) is 6.74. The number of nitrogens with one attached hydrogen (secondary N) is 1. The summed E-state index contributed by atoms with van der Waals surface area (Å²) in [7, 11) is -4.44. The van der Waals surface area contributed by atoms with E-state index in [0.717, 1.165) is 38.1 Å². The maximum atomic E-state index is 12.2. The number of benzene rings is 1. The minimum atomic E-state index is -3.67. The molecule has 0 saturated carbocycles. The third-order valence-corrected chi connectivity index (χ3v) is 8.30. The molecule has 1 aliphatic heterocycles. The Bertz CT molecular complexity index is 1090. The molecule has 1 aromatic carbocycles. The summed E-state index contributed by atoms with van der Waals surface area (Å²) >= 11 is 0. The summed E-state index contributed by atoms with van der Waals surface area (Å²) in [5.41, 5.74) is 4.44. The van der Waals surface area contributed by atoms with Crippen molar-refractivity contribution in [3.63, 3.8) is 0 Å². The summed E-state index contributed by atoms with van der Waals surface area (Å²) in [6.45, 7) is 11.7. The Kier molecular flexibility index (Phi) is 6.53. The van der Waals surface area contributed by atoms with Crippen molar-refractivity contribution in [2.24, 2.45) is 5.41 Å². The van der Waals surface area contributed by atoms with Crippen molar-refractivity contribution in [2.45, 2.75) is 57.9 Å². The predicted octanol–water partition coefficient (Wildman–Crippen LogP) is 3.74. The third-order valence-electron chi connectivity index (χ3n) is 7.20. The standard InChI is InChI=1S/C22H32N2OS.CH4O3S/c1-6-10-24-14-20(2,15-26(5)25)13-21(3)17-8-7-9-18-19(17)16(12-23-18)11-22(21,24)4;1-5(2,3)4/h7-9,12,23H,6,10-11,13-15H2,1-5H3;1H3,(H,2,3,4)/t20-,21-,22?,26?;/m1./s1. The summed E-state index contributed by atoms with van der Waals surface area (Å²) in [4.78, 5) is 6.22. The summed E-state index contributed by atoms with van der Waals surface area (Å²) < 4.78 is 38.0. The van der Waals surface area contributed by atoms with Crippen molar-refractivity contribution in [1.82, 2.24) is 9.88 Å². The molecule has 2 N–H and O–H groups in total. The number of piperidine rings is 1. The maximum Gasteiger partial charge on any atom is 0.261 e. The molecule has 1 saturated heterocycles. The van der Waals surface area contributed by atoms with Gasteiger partial charge >= 0.3 is 0 Å². The van der Waals surface area contributed by atoms with Crippen LogP contribution in [0.1, 0.15) is 51.7 Å². The summed E-state index contributed by atoms with van der Waals surface area (Å²) in [6.07, 6.45) is 8.13. The van der Waals surface area contributed by atoms with E-state index in [1.54, 1.807) is 0 Å². The molecule has 2 aliphatic rings. The quantitative estimate of drug-likeness (QED) is 0.667. The van der Waals surface area contributed by atoms with Crippen LogP contribution >= 0.6 is 0 Å². The molecule has 2 heterocycles. The highest BCUT2D eigenvalue weighted by atomic mass is 32.2. The average molecular weight is 469 g/mol. The fourth-order valence-corrected chi connectivity index (χ4v) is 7.36. The highest BCUT2D eigenvalue weighted by Gasteiger charge is 2.59. The van der Waals surface area contributed by atoms with Gasteiger partial charge in [0.05, 0.1) is 6.26 Å². The van der Waals surface area contributed by atoms with Gasteiger partial charge < -0.3 is 4.98 Å². The second-order valence-electron chi connectivity index (χ2n) is 10.2. The van der Waals surface area contributed by atoms with Crippen molar-refractivity contribution in [3.8, 4) is 0 Å². The highest BCUT2D eigenvalue weighted by Crippen LogP contribution is 2.57. The SMILES string of the molecule is CCCN1C[C@](C)(CS(C)=O)C[C@]2(C)c3cccc4[nH]cc(c34)CC12C.CS(=O)(=O)O. The number of aromatic amines is 1. The largest absolute Gasteiger partial charge is 0.361 e. The number of aromatic nitrogens is 1. The first-order valence-electron chi connectivity index (χ1n) is 10.8. The lowest BCUT2D eigenvalue weighted by Gasteiger charge is -2.63. The van der Waals surface area contributed by atoms with E-state index in [-0.39, 0.29) is 16.4 Å². The van der Waals surface area contributed by atoms with E-state index in [9.17, 15) is 12.6 Å². The lowest BCUT2D eigenvalue weighted by Crippen LogP contribution is -2.69. The Morgan fingerprint density at radius 3 is 2.48 bits per heavy atom. The molecular weight excluding hydrogens is 432 g/mol. The molecule has 6 nitrogen and oxygen atoms in total. The molecule has 0 bridgehead atoms. The molecule has 4 rings (SSSR count). The van der Waals surface area contributed by atoms with E-state index < -0.39 is 20.9 Å². The zero-order valence-electron chi connectivity index (χ0n) is 19.5. The molecule has 2 aromatic rings. The van der Waals surface area contributed by atoms with E-state index in [1.807, 2.05) is 6.26 Å². The molecule has 0 radical (unpaired) electrons. The summed E-state index contributed by atoms with van der Waals surface area (Å²) in [5, 5.41) is 1.44. The molecule has 1 aromatic heterocycles. The first-order valence-corrected chi connectivity index (χ1v) is 14.4. The van der Waals surface area contributed by atoms with E-state index in [1.165, 1.54) is 22.0 Å². The van der Waals surface area contributed by atoms with E-state index in [4.69, 9.17) is 4.55 Å². The van der Waals surface area contributed by atoms with Gasteiger partial charge in [-0.3, -0.25) is 13.7 Å². The van der Waals surface area contributed by atoms with Gasteiger partial charge in [0.15, 0.2) is 0 Å². The van der Waals surface area contributed by atoms with Gasteiger partial charge in [-0.25, -0.2) is 0 Å². The first kappa shape index (κ1) is 24.4. The Hall–Kier alpha value is -1.22. The minimum Gasteiger partial charge on any atom is -0.361 e. The van der Waals surface area contributed by atoms with Gasteiger partial charge in [-0.15, -0.1) is 0 Å². The van der Waals surface area contributed by atoms with Crippen LogP contribution in [0.15, 0.2) is 24.4 Å². The van der Waals surface area contributed by atoms with Gasteiger partial charge in [-0.2, -0.15) is 8.42 Å². The van der Waals surface area contributed by atoms with Gasteiger partial charge in [0.25, 0.3) is 10.1 Å². The lowest BCUT2D eigenvalue weighted by atomic mass is 9.52. The fraction of sp³-hybridized carbons (Fsp3) is 0.652. The Morgan fingerprint density at radius 1 is 1.26 bits per heavy atom. The monoisotopic (exact) mass is 468 g/mol. The minimum absolute atomic E-state index is 0.0588. The number of nitrogens with zero attached hydrogens (tertiary/aromatic N) is 1. The van der Waals surface area contributed by atoms with Gasteiger partial charge in [0, 0.05) is 57.4 Å². The van der Waals surface area contributed by atoms with E-state index in [0.29, 0.717) is 6.26 Å². The number of H-pyrrole nitrogens is 1. The number of rotatable bonds is 4. The van der Waals surface area contributed by atoms with Crippen molar-refractivity contribution < 1.29 is 17.2 Å². The maximum absolute atomic E-state index is 12.2. The molecule has 0 amide bonds. The molecule has 4 atom stereocenters. The van der Waals surface area contributed by atoms with Crippen LogP contribution in [0.25, 0.3) is 10.9 Å². The lowest BCUT2D eigenvalue weighted by molar-refractivity contribution is -0.0629. The molecule has 1 fully saturated rings. The van der Waals surface area contributed by atoms with Crippen molar-refractivity contribution >= 4 is 31.8 Å². The van der Waals surface area contributed by atoms with Crippen LogP contribution in [0, 0.1) is 5.41 Å². The molecule has 174 valence electrons. The molecular formula is C23H36N2O4S2. The number of hydrogen-bond acceptors (Lipinski definition) is 4. The van der Waals surface area contributed by atoms with Crippen LogP contribution in [0.5, 0.6) is 0 Å². The number of likely N-dealkylation sites (tertiary alicyclic amines) is 1. The zero-order chi connectivity index (χ0) is 23.2. The topological polar surface area (TPSA) is 90.5 Å². The smallest absolute Gasteiger partial charge is 0.261 e. The van der Waals surface area contributed by atoms with Gasteiger partial charge in [-0.1, -0.05) is 32.9 Å². The van der Waals surface area contributed by atoms with E-state index in [2.05, 4.69) is 62.0 Å². The van der Waals surface area contributed by atoms with Crippen LogP contribution in [0.4, 0.5) is 0 Å². The summed E-state index contributed by atoms with van der Waals surface area (Å²) in [5.74, 6) is 0.787. The highest BCUT2D eigenvalue weighted by molar-refractivity contribution is 7.85. The number of fused-ring (bicyclic) bond motifs is 2. The number of hydrogen-bond donors (Lipinski definition) is 2. The second kappa shape index (κ2) is 8.28. The fourth-order valence-electron chi connectivity index (χ4n) is 6.19. The second-order valence-corrected chi connectivity index (χ2v) is 13.1. The first-order chi connectivity index (χ1) is 14.2. The molecule has 2 unspecified atom stereocenters.